The Labute approximate surface area is 95.4 Å². The standard InChI is InChI=1S/C12H17N3O/c13-12(3-4-12)10-1-2-11(14-9-10)15-5-7-16-8-6-15/h1-2,9H,3-8,13H2. The summed E-state index contributed by atoms with van der Waals surface area (Å²) < 4.78 is 5.32. The van der Waals surface area contributed by atoms with E-state index in [1.165, 1.54) is 5.56 Å². The van der Waals surface area contributed by atoms with Crippen LogP contribution in [0.15, 0.2) is 18.3 Å². The molecular weight excluding hydrogens is 202 g/mol. The quantitative estimate of drug-likeness (QED) is 0.801. The first-order chi connectivity index (χ1) is 7.78. The van der Waals surface area contributed by atoms with Crippen molar-refractivity contribution in [2.24, 2.45) is 5.73 Å². The first-order valence-electron chi connectivity index (χ1n) is 5.86. The topological polar surface area (TPSA) is 51.4 Å². The molecule has 4 heteroatoms. The van der Waals surface area contributed by atoms with Crippen molar-refractivity contribution in [1.29, 1.82) is 0 Å². The zero-order chi connectivity index (χ0) is 11.0. The molecule has 2 N–H and O–H groups in total. The summed E-state index contributed by atoms with van der Waals surface area (Å²) in [5.41, 5.74) is 7.22. The van der Waals surface area contributed by atoms with Crippen LogP contribution in [0.5, 0.6) is 0 Å². The molecule has 0 bridgehead atoms. The van der Waals surface area contributed by atoms with Gasteiger partial charge in [-0.15, -0.1) is 0 Å². The molecule has 1 saturated carbocycles. The van der Waals surface area contributed by atoms with Gasteiger partial charge in [-0.2, -0.15) is 0 Å². The average Bonchev–Trinajstić information content (AvgIpc) is 3.10. The van der Waals surface area contributed by atoms with Crippen LogP contribution in [0.3, 0.4) is 0 Å². The first kappa shape index (κ1) is 10.1. The van der Waals surface area contributed by atoms with Crippen LogP contribution in [0.4, 0.5) is 5.82 Å². The Kier molecular flexibility index (Phi) is 2.33. The molecule has 0 radical (unpaired) electrons. The number of pyridine rings is 1. The van der Waals surface area contributed by atoms with Crippen LogP contribution in [-0.4, -0.2) is 31.3 Å². The van der Waals surface area contributed by atoms with E-state index in [1.807, 2.05) is 6.20 Å². The number of hydrogen-bond acceptors (Lipinski definition) is 4. The van der Waals surface area contributed by atoms with Gasteiger partial charge in [0.05, 0.1) is 13.2 Å². The number of nitrogens with zero attached hydrogens (tertiary/aromatic N) is 2. The number of morpholine rings is 1. The third kappa shape index (κ3) is 1.79. The van der Waals surface area contributed by atoms with Crippen molar-refractivity contribution in [2.45, 2.75) is 18.4 Å². The Bertz CT molecular complexity index is 366. The number of nitrogens with two attached hydrogens (primary N) is 1. The SMILES string of the molecule is NC1(c2ccc(N3CCOCC3)nc2)CC1. The molecule has 2 fully saturated rings. The monoisotopic (exact) mass is 219 g/mol. The van der Waals surface area contributed by atoms with E-state index in [0.29, 0.717) is 0 Å². The maximum atomic E-state index is 6.12. The van der Waals surface area contributed by atoms with E-state index >= 15 is 0 Å². The fourth-order valence-electron chi connectivity index (χ4n) is 2.08. The van der Waals surface area contributed by atoms with Gasteiger partial charge in [0.1, 0.15) is 5.82 Å². The summed E-state index contributed by atoms with van der Waals surface area (Å²) >= 11 is 0. The molecule has 4 nitrogen and oxygen atoms in total. The van der Waals surface area contributed by atoms with Gasteiger partial charge >= 0.3 is 0 Å². The molecule has 0 atom stereocenters. The lowest BCUT2D eigenvalue weighted by atomic mass is 10.1. The highest BCUT2D eigenvalue weighted by Crippen LogP contribution is 2.42. The highest BCUT2D eigenvalue weighted by Gasteiger charge is 2.40. The van der Waals surface area contributed by atoms with Gasteiger partial charge in [-0.3, -0.25) is 0 Å². The summed E-state index contributed by atoms with van der Waals surface area (Å²) in [6.45, 7) is 3.45. The number of anilines is 1. The molecule has 3 rings (SSSR count). The predicted octanol–water partition coefficient (Wildman–Crippen LogP) is 0.866. The van der Waals surface area contributed by atoms with Crippen molar-refractivity contribution in [3.63, 3.8) is 0 Å². The summed E-state index contributed by atoms with van der Waals surface area (Å²) in [5, 5.41) is 0. The molecule has 1 aliphatic heterocycles. The Morgan fingerprint density at radius 1 is 1.25 bits per heavy atom. The molecule has 1 aliphatic carbocycles. The largest absolute Gasteiger partial charge is 0.378 e. The Morgan fingerprint density at radius 2 is 2.00 bits per heavy atom. The zero-order valence-electron chi connectivity index (χ0n) is 9.35. The second-order valence-electron chi connectivity index (χ2n) is 4.66. The molecule has 2 aliphatic rings. The van der Waals surface area contributed by atoms with Crippen LogP contribution in [0, 0.1) is 0 Å². The Morgan fingerprint density at radius 3 is 2.56 bits per heavy atom. The van der Waals surface area contributed by atoms with Crippen LogP contribution in [0.25, 0.3) is 0 Å². The summed E-state index contributed by atoms with van der Waals surface area (Å²) in [6, 6.07) is 4.19. The lowest BCUT2D eigenvalue weighted by Crippen LogP contribution is -2.36. The first-order valence-corrected chi connectivity index (χ1v) is 5.86. The van der Waals surface area contributed by atoms with Gasteiger partial charge in [0, 0.05) is 24.8 Å². The minimum Gasteiger partial charge on any atom is -0.378 e. The van der Waals surface area contributed by atoms with Crippen molar-refractivity contribution in [3.05, 3.63) is 23.9 Å². The molecule has 0 aromatic carbocycles. The lowest BCUT2D eigenvalue weighted by Gasteiger charge is -2.28. The minimum atomic E-state index is -0.0729. The van der Waals surface area contributed by atoms with E-state index in [9.17, 15) is 0 Å². The van der Waals surface area contributed by atoms with E-state index in [-0.39, 0.29) is 5.54 Å². The molecule has 1 aromatic heterocycles. The van der Waals surface area contributed by atoms with Crippen molar-refractivity contribution >= 4 is 5.82 Å². The van der Waals surface area contributed by atoms with E-state index < -0.39 is 0 Å². The molecular formula is C12H17N3O. The van der Waals surface area contributed by atoms with Crippen LogP contribution in [0.1, 0.15) is 18.4 Å². The molecule has 0 spiro atoms. The molecule has 16 heavy (non-hydrogen) atoms. The highest BCUT2D eigenvalue weighted by molar-refractivity contribution is 5.41. The van der Waals surface area contributed by atoms with Gasteiger partial charge in [0.2, 0.25) is 0 Å². The maximum absolute atomic E-state index is 6.12. The fourth-order valence-corrected chi connectivity index (χ4v) is 2.08. The summed E-state index contributed by atoms with van der Waals surface area (Å²) in [7, 11) is 0. The van der Waals surface area contributed by atoms with Gasteiger partial charge in [-0.25, -0.2) is 4.98 Å². The number of hydrogen-bond donors (Lipinski definition) is 1. The summed E-state index contributed by atoms with van der Waals surface area (Å²) in [4.78, 5) is 6.75. The van der Waals surface area contributed by atoms with E-state index in [4.69, 9.17) is 10.5 Å². The molecule has 0 unspecified atom stereocenters. The summed E-state index contributed by atoms with van der Waals surface area (Å²) in [5.74, 6) is 1.04. The molecule has 0 amide bonds. The molecule has 2 heterocycles. The second kappa shape index (κ2) is 3.71. The fraction of sp³-hybridized carbons (Fsp3) is 0.583. The number of rotatable bonds is 2. The maximum Gasteiger partial charge on any atom is 0.128 e. The lowest BCUT2D eigenvalue weighted by molar-refractivity contribution is 0.122. The highest BCUT2D eigenvalue weighted by atomic mass is 16.5. The predicted molar refractivity (Wildman–Crippen MR) is 62.4 cm³/mol. The Hall–Kier alpha value is -1.13. The van der Waals surface area contributed by atoms with Gasteiger partial charge in [-0.1, -0.05) is 6.07 Å². The smallest absolute Gasteiger partial charge is 0.128 e. The normalized spacial score (nSPS) is 23.2. The van der Waals surface area contributed by atoms with E-state index in [0.717, 1.165) is 45.0 Å². The van der Waals surface area contributed by atoms with Crippen LogP contribution in [-0.2, 0) is 10.3 Å². The third-order valence-corrected chi connectivity index (χ3v) is 3.45. The third-order valence-electron chi connectivity index (χ3n) is 3.45. The van der Waals surface area contributed by atoms with Gasteiger partial charge in [0.15, 0.2) is 0 Å². The number of aromatic nitrogens is 1. The second-order valence-corrected chi connectivity index (χ2v) is 4.66. The number of ether oxygens (including phenoxy) is 1. The van der Waals surface area contributed by atoms with Crippen molar-refractivity contribution < 1.29 is 4.74 Å². The molecule has 86 valence electrons. The minimum absolute atomic E-state index is 0.0729. The average molecular weight is 219 g/mol. The van der Waals surface area contributed by atoms with Gasteiger partial charge < -0.3 is 15.4 Å². The summed E-state index contributed by atoms with van der Waals surface area (Å²) in [6.07, 6.45) is 4.11. The van der Waals surface area contributed by atoms with Crippen molar-refractivity contribution in [2.75, 3.05) is 31.2 Å². The zero-order valence-corrected chi connectivity index (χ0v) is 9.35. The van der Waals surface area contributed by atoms with Crippen molar-refractivity contribution in [1.82, 2.24) is 4.98 Å². The van der Waals surface area contributed by atoms with Gasteiger partial charge in [-0.05, 0) is 24.5 Å². The van der Waals surface area contributed by atoms with E-state index in [2.05, 4.69) is 22.0 Å². The Balaban J connectivity index is 1.76. The van der Waals surface area contributed by atoms with E-state index in [1.54, 1.807) is 0 Å². The van der Waals surface area contributed by atoms with Crippen LogP contribution >= 0.6 is 0 Å². The van der Waals surface area contributed by atoms with Gasteiger partial charge in [0.25, 0.3) is 0 Å². The molecule has 1 aromatic rings. The van der Waals surface area contributed by atoms with Crippen molar-refractivity contribution in [3.8, 4) is 0 Å². The molecule has 1 saturated heterocycles. The van der Waals surface area contributed by atoms with Crippen LogP contribution in [0.2, 0.25) is 0 Å². The van der Waals surface area contributed by atoms with Crippen LogP contribution < -0.4 is 10.6 Å².